The van der Waals surface area contributed by atoms with Gasteiger partial charge in [0.15, 0.2) is 17.6 Å². The average molecular weight is 565 g/mol. The number of carboxylic acid groups (broad SMARTS) is 1. The van der Waals surface area contributed by atoms with Crippen LogP contribution >= 0.6 is 0 Å². The lowest BCUT2D eigenvalue weighted by Crippen LogP contribution is -2.60. The molecule has 0 bridgehead atoms. The van der Waals surface area contributed by atoms with Crippen LogP contribution in [0.15, 0.2) is 40.8 Å². The van der Waals surface area contributed by atoms with E-state index in [2.05, 4.69) is 0 Å². The summed E-state index contributed by atoms with van der Waals surface area (Å²) in [6, 6.07) is 7.01. The zero-order valence-electron chi connectivity index (χ0n) is 20.3. The molecular formula is C25H25O15+. The fraction of sp³-hybridized carbons (Fsp3) is 0.320. The number of hydrogen-bond acceptors (Lipinski definition) is 13. The molecule has 3 aromatic rings. The van der Waals surface area contributed by atoms with E-state index in [0.717, 1.165) is 18.2 Å². The van der Waals surface area contributed by atoms with E-state index in [1.807, 2.05) is 0 Å². The lowest BCUT2D eigenvalue weighted by Gasteiger charge is -2.39. The molecule has 1 aromatic heterocycles. The second-order valence-electron chi connectivity index (χ2n) is 8.90. The van der Waals surface area contributed by atoms with Gasteiger partial charge in [-0.15, -0.1) is 0 Å². The quantitative estimate of drug-likeness (QED) is 0.0971. The first-order valence-electron chi connectivity index (χ1n) is 11.6. The summed E-state index contributed by atoms with van der Waals surface area (Å²) in [7, 11) is 0. The predicted octanol–water partition coefficient (Wildman–Crippen LogP) is -0.232. The summed E-state index contributed by atoms with van der Waals surface area (Å²) in [5.41, 5.74) is 0.0940. The zero-order chi connectivity index (χ0) is 29.3. The number of fused-ring (bicyclic) bond motifs is 1. The molecular weight excluding hydrogens is 540 g/mol. The maximum absolute atomic E-state index is 11.9. The van der Waals surface area contributed by atoms with Gasteiger partial charge in [0.05, 0.1) is 18.1 Å². The topological polar surface area (TPSA) is 255 Å². The molecule has 4 rings (SSSR count). The summed E-state index contributed by atoms with van der Waals surface area (Å²) < 4.78 is 21.8. The third-order valence-corrected chi connectivity index (χ3v) is 6.00. The minimum Gasteiger partial charge on any atom is -0.507 e. The highest BCUT2D eigenvalue weighted by atomic mass is 16.7. The van der Waals surface area contributed by atoms with Gasteiger partial charge in [-0.1, -0.05) is 0 Å². The molecule has 15 nitrogen and oxygen atoms in total. The van der Waals surface area contributed by atoms with Crippen LogP contribution in [0.3, 0.4) is 0 Å². The number of phenols is 4. The Morgan fingerprint density at radius 3 is 2.33 bits per heavy atom. The maximum atomic E-state index is 11.9. The summed E-state index contributed by atoms with van der Waals surface area (Å²) in [5, 5.41) is 89.4. The Kier molecular flexibility index (Phi) is 8.13. The Balaban J connectivity index is 1.66. The second-order valence-corrected chi connectivity index (χ2v) is 8.90. The molecule has 1 aliphatic heterocycles. The van der Waals surface area contributed by atoms with Crippen molar-refractivity contribution in [1.82, 2.24) is 0 Å². The number of aromatic hydroxyl groups is 4. The lowest BCUT2D eigenvalue weighted by molar-refractivity contribution is -0.279. The highest BCUT2D eigenvalue weighted by molar-refractivity contribution is 5.88. The molecule has 6 atom stereocenters. The fourth-order valence-corrected chi connectivity index (χ4v) is 3.92. The largest absolute Gasteiger partial charge is 0.507 e. The van der Waals surface area contributed by atoms with E-state index in [4.69, 9.17) is 23.7 Å². The number of carbonyl (C=O) groups excluding carboxylic acids is 1. The third kappa shape index (κ3) is 5.93. The van der Waals surface area contributed by atoms with Gasteiger partial charge in [-0.2, -0.15) is 0 Å². The van der Waals surface area contributed by atoms with Crippen molar-refractivity contribution in [3.63, 3.8) is 0 Å². The molecule has 1 aliphatic rings. The molecule has 0 amide bonds. The number of rotatable bonds is 8. The van der Waals surface area contributed by atoms with Gasteiger partial charge in [-0.25, -0.2) is 9.21 Å². The number of benzene rings is 2. The number of phenolic OH excluding ortho intramolecular Hbond substituents is 4. The first-order chi connectivity index (χ1) is 18.8. The Morgan fingerprint density at radius 1 is 0.925 bits per heavy atom. The van der Waals surface area contributed by atoms with Gasteiger partial charge in [0.2, 0.25) is 12.0 Å². The van der Waals surface area contributed by atoms with Crippen molar-refractivity contribution in [3.05, 3.63) is 36.4 Å². The Morgan fingerprint density at radius 2 is 1.65 bits per heavy atom. The van der Waals surface area contributed by atoms with Crippen LogP contribution in [0.1, 0.15) is 6.42 Å². The molecule has 1 fully saturated rings. The van der Waals surface area contributed by atoms with Gasteiger partial charge in [0.1, 0.15) is 47.9 Å². The van der Waals surface area contributed by atoms with Crippen LogP contribution in [0, 0.1) is 0 Å². The van der Waals surface area contributed by atoms with Crippen LogP contribution in [0.25, 0.3) is 22.3 Å². The number of aliphatic carboxylic acids is 1. The molecule has 9 N–H and O–H groups in total. The van der Waals surface area contributed by atoms with Crippen molar-refractivity contribution in [2.75, 3.05) is 6.61 Å². The van der Waals surface area contributed by atoms with Crippen molar-refractivity contribution in [1.29, 1.82) is 0 Å². The zero-order valence-corrected chi connectivity index (χ0v) is 20.3. The van der Waals surface area contributed by atoms with Gasteiger partial charge in [-0.3, -0.25) is 4.79 Å². The monoisotopic (exact) mass is 565 g/mol. The van der Waals surface area contributed by atoms with Crippen LogP contribution in [-0.2, 0) is 19.1 Å². The van der Waals surface area contributed by atoms with Crippen LogP contribution < -0.4 is 4.74 Å². The van der Waals surface area contributed by atoms with E-state index in [0.29, 0.717) is 0 Å². The van der Waals surface area contributed by atoms with E-state index in [9.17, 15) is 50.4 Å². The molecule has 214 valence electrons. The average Bonchev–Trinajstić information content (AvgIpc) is 2.89. The smallest absolute Gasteiger partial charge is 0.402 e. The van der Waals surface area contributed by atoms with Crippen molar-refractivity contribution in [2.45, 2.75) is 43.2 Å². The van der Waals surface area contributed by atoms with Crippen molar-refractivity contribution < 1.29 is 74.2 Å². The van der Waals surface area contributed by atoms with E-state index in [1.54, 1.807) is 0 Å². The van der Waals surface area contributed by atoms with Gasteiger partial charge >= 0.3 is 23.3 Å². The van der Waals surface area contributed by atoms with E-state index in [-0.39, 0.29) is 33.8 Å². The Labute approximate surface area is 223 Å². The molecule has 1 unspecified atom stereocenters. The number of aliphatic hydroxyl groups excluding tert-OH is 4. The standard InChI is InChI=1S/C25H24O15/c26-10-4-13(28)11-6-17(23(38-16(11)5-10)9-1-2-12(27)14(29)3-9)39-25-22(35)21(34)20(33)18(40-25)8-37-24(36)15(30)7-19(31)32/h1-6,15,18,20-22,25,30,33-35H,7-8H2,(H4-,26,27,28,29,31,32)/p+1/t15?,18-,20-,21+,22-,25-/m1/s1. The van der Waals surface area contributed by atoms with Gasteiger partial charge < -0.3 is 60.2 Å². The Bertz CT molecular complexity index is 1420. The SMILES string of the molecule is O=C(O)CC(O)C(=O)OC[C@H]1O[C@@H](Oc2cc3c(O)cc(O)cc3[o+]c2-c2ccc(O)c(O)c2)[C@H](O)[C@@H](O)[C@@H]1O. The molecule has 0 saturated carbocycles. The first kappa shape index (κ1) is 28.6. The first-order valence-corrected chi connectivity index (χ1v) is 11.6. The normalized spacial score (nSPS) is 23.4. The van der Waals surface area contributed by atoms with Crippen molar-refractivity contribution >= 4 is 22.9 Å². The fourth-order valence-electron chi connectivity index (χ4n) is 3.92. The Hall–Kier alpha value is -4.41. The predicted molar refractivity (Wildman–Crippen MR) is 129 cm³/mol. The number of aliphatic hydroxyl groups is 4. The van der Waals surface area contributed by atoms with E-state index in [1.165, 1.54) is 18.2 Å². The number of carbonyl (C=O) groups is 2. The summed E-state index contributed by atoms with van der Waals surface area (Å²) in [6.07, 6.45) is -11.8. The third-order valence-electron chi connectivity index (χ3n) is 6.00. The molecule has 1 saturated heterocycles. The number of ether oxygens (including phenoxy) is 3. The molecule has 0 aliphatic carbocycles. The summed E-state index contributed by atoms with van der Waals surface area (Å²) in [6.45, 7) is -0.777. The highest BCUT2D eigenvalue weighted by Crippen LogP contribution is 2.42. The molecule has 0 radical (unpaired) electrons. The number of hydrogen-bond donors (Lipinski definition) is 9. The number of carboxylic acids is 1. The highest BCUT2D eigenvalue weighted by Gasteiger charge is 2.46. The summed E-state index contributed by atoms with van der Waals surface area (Å²) in [5.74, 6) is -4.93. The van der Waals surface area contributed by atoms with Gasteiger partial charge in [0, 0.05) is 18.2 Å². The molecule has 2 aromatic carbocycles. The van der Waals surface area contributed by atoms with E-state index >= 15 is 0 Å². The minimum atomic E-state index is -2.00. The van der Waals surface area contributed by atoms with Crippen LogP contribution in [-0.4, -0.2) is 101 Å². The van der Waals surface area contributed by atoms with Crippen LogP contribution in [0.4, 0.5) is 0 Å². The van der Waals surface area contributed by atoms with Crippen molar-refractivity contribution in [3.8, 4) is 40.1 Å². The number of esters is 1. The molecule has 2 heterocycles. The van der Waals surface area contributed by atoms with Gasteiger partial charge in [-0.05, 0) is 12.1 Å². The molecule has 15 heteroatoms. The van der Waals surface area contributed by atoms with Crippen molar-refractivity contribution in [2.24, 2.45) is 0 Å². The maximum Gasteiger partial charge on any atom is 0.402 e. The van der Waals surface area contributed by atoms with Gasteiger partial charge in [0.25, 0.3) is 0 Å². The summed E-state index contributed by atoms with van der Waals surface area (Å²) in [4.78, 5) is 22.6. The summed E-state index contributed by atoms with van der Waals surface area (Å²) >= 11 is 0. The van der Waals surface area contributed by atoms with E-state index < -0.39 is 79.0 Å². The molecule has 40 heavy (non-hydrogen) atoms. The lowest BCUT2D eigenvalue weighted by atomic mass is 9.99. The minimum absolute atomic E-state index is 0.0299. The second kappa shape index (κ2) is 11.4. The molecule has 0 spiro atoms. The van der Waals surface area contributed by atoms with Crippen LogP contribution in [0.2, 0.25) is 0 Å². The van der Waals surface area contributed by atoms with Crippen LogP contribution in [0.5, 0.6) is 28.7 Å².